The Labute approximate surface area is 110 Å². The molecule has 3 heteroatoms. The van der Waals surface area contributed by atoms with Crippen LogP contribution in [0.4, 0.5) is 0 Å². The first kappa shape index (κ1) is 15.0. The topological polar surface area (TPSA) is 38.7 Å². The minimum absolute atomic E-state index is 0.295. The number of ether oxygens (including phenoxy) is 2. The Morgan fingerprint density at radius 3 is 2.33 bits per heavy atom. The number of benzene rings is 1. The SMILES string of the molecule is CC(C)COc1ccc(COCCC(C)O)cc1. The predicted molar refractivity (Wildman–Crippen MR) is 72.7 cm³/mol. The molecule has 1 aromatic carbocycles. The summed E-state index contributed by atoms with van der Waals surface area (Å²) in [6.45, 7) is 7.93. The molecule has 0 amide bonds. The summed E-state index contributed by atoms with van der Waals surface area (Å²) in [7, 11) is 0. The maximum atomic E-state index is 9.09. The Balaban J connectivity index is 2.27. The van der Waals surface area contributed by atoms with Crippen molar-refractivity contribution < 1.29 is 14.6 Å². The fraction of sp³-hybridized carbons (Fsp3) is 0.600. The maximum Gasteiger partial charge on any atom is 0.119 e. The van der Waals surface area contributed by atoms with Crippen molar-refractivity contribution in [2.45, 2.75) is 39.9 Å². The van der Waals surface area contributed by atoms with Crippen LogP contribution in [0.1, 0.15) is 32.8 Å². The van der Waals surface area contributed by atoms with E-state index in [2.05, 4.69) is 13.8 Å². The first-order chi connectivity index (χ1) is 8.58. The Bertz CT molecular complexity index is 317. The lowest BCUT2D eigenvalue weighted by Gasteiger charge is -2.09. The van der Waals surface area contributed by atoms with Crippen molar-refractivity contribution >= 4 is 0 Å². The van der Waals surface area contributed by atoms with Gasteiger partial charge in [-0.3, -0.25) is 0 Å². The Hall–Kier alpha value is -1.06. The van der Waals surface area contributed by atoms with Gasteiger partial charge in [-0.2, -0.15) is 0 Å². The largest absolute Gasteiger partial charge is 0.493 e. The molecular weight excluding hydrogens is 228 g/mol. The summed E-state index contributed by atoms with van der Waals surface area (Å²) in [6.07, 6.45) is 0.382. The maximum absolute atomic E-state index is 9.09. The van der Waals surface area contributed by atoms with Gasteiger partial charge in [-0.25, -0.2) is 0 Å². The molecule has 0 radical (unpaired) electrons. The fourth-order valence-electron chi connectivity index (χ4n) is 1.39. The van der Waals surface area contributed by atoms with E-state index in [0.29, 0.717) is 25.6 Å². The summed E-state index contributed by atoms with van der Waals surface area (Å²) >= 11 is 0. The molecule has 0 aliphatic rings. The highest BCUT2D eigenvalue weighted by molar-refractivity contribution is 5.26. The van der Waals surface area contributed by atoms with Gasteiger partial charge in [0.05, 0.1) is 19.3 Å². The molecule has 1 rings (SSSR count). The molecule has 102 valence electrons. The smallest absolute Gasteiger partial charge is 0.119 e. The van der Waals surface area contributed by atoms with Crippen LogP contribution in [0.3, 0.4) is 0 Å². The molecule has 18 heavy (non-hydrogen) atoms. The third-order valence-corrected chi connectivity index (χ3v) is 2.46. The summed E-state index contributed by atoms with van der Waals surface area (Å²) < 4.78 is 11.1. The third-order valence-electron chi connectivity index (χ3n) is 2.46. The molecule has 1 unspecified atom stereocenters. The Morgan fingerprint density at radius 2 is 1.78 bits per heavy atom. The fourth-order valence-corrected chi connectivity index (χ4v) is 1.39. The first-order valence-corrected chi connectivity index (χ1v) is 6.55. The minimum atomic E-state index is -0.295. The van der Waals surface area contributed by atoms with Gasteiger partial charge in [0.25, 0.3) is 0 Å². The molecule has 0 aliphatic carbocycles. The molecule has 0 heterocycles. The number of rotatable bonds is 8. The summed E-state index contributed by atoms with van der Waals surface area (Å²) in [5, 5.41) is 9.09. The second-order valence-corrected chi connectivity index (χ2v) is 5.04. The van der Waals surface area contributed by atoms with Gasteiger partial charge in [0.2, 0.25) is 0 Å². The second-order valence-electron chi connectivity index (χ2n) is 5.04. The normalized spacial score (nSPS) is 12.7. The van der Waals surface area contributed by atoms with Crippen molar-refractivity contribution in [2.75, 3.05) is 13.2 Å². The second kappa shape index (κ2) is 8.11. The summed E-state index contributed by atoms with van der Waals surface area (Å²) in [5.74, 6) is 1.44. The summed E-state index contributed by atoms with van der Waals surface area (Å²) in [5.41, 5.74) is 1.12. The third kappa shape index (κ3) is 6.62. The molecule has 1 N–H and O–H groups in total. The van der Waals surface area contributed by atoms with Gasteiger partial charge in [-0.15, -0.1) is 0 Å². The van der Waals surface area contributed by atoms with Crippen LogP contribution in [0.2, 0.25) is 0 Å². The number of hydrogen-bond donors (Lipinski definition) is 1. The summed E-state index contributed by atoms with van der Waals surface area (Å²) in [6, 6.07) is 7.96. The van der Waals surface area contributed by atoms with E-state index in [4.69, 9.17) is 14.6 Å². The van der Waals surface area contributed by atoms with Crippen molar-refractivity contribution in [3.63, 3.8) is 0 Å². The van der Waals surface area contributed by atoms with E-state index in [-0.39, 0.29) is 6.10 Å². The molecule has 0 saturated heterocycles. The molecule has 1 atom stereocenters. The van der Waals surface area contributed by atoms with Gasteiger partial charge >= 0.3 is 0 Å². The molecule has 0 bridgehead atoms. The van der Waals surface area contributed by atoms with Gasteiger partial charge in [-0.1, -0.05) is 26.0 Å². The molecule has 0 fully saturated rings. The zero-order chi connectivity index (χ0) is 13.4. The van der Waals surface area contributed by atoms with Crippen LogP contribution in [0.5, 0.6) is 5.75 Å². The number of hydrogen-bond acceptors (Lipinski definition) is 3. The minimum Gasteiger partial charge on any atom is -0.493 e. The Morgan fingerprint density at radius 1 is 1.11 bits per heavy atom. The molecular formula is C15H24O3. The highest BCUT2D eigenvalue weighted by atomic mass is 16.5. The van der Waals surface area contributed by atoms with Crippen LogP contribution in [0.25, 0.3) is 0 Å². The highest BCUT2D eigenvalue weighted by Crippen LogP contribution is 2.14. The molecule has 3 nitrogen and oxygen atoms in total. The van der Waals surface area contributed by atoms with Crippen LogP contribution in [-0.4, -0.2) is 24.4 Å². The van der Waals surface area contributed by atoms with Crippen LogP contribution in [0, 0.1) is 5.92 Å². The van der Waals surface area contributed by atoms with E-state index in [0.717, 1.165) is 17.9 Å². The molecule has 0 spiro atoms. The van der Waals surface area contributed by atoms with Gasteiger partial charge in [0.1, 0.15) is 5.75 Å². The predicted octanol–water partition coefficient (Wildman–Crippen LogP) is 3.01. The lowest BCUT2D eigenvalue weighted by Crippen LogP contribution is -2.06. The van der Waals surface area contributed by atoms with Crippen molar-refractivity contribution in [2.24, 2.45) is 5.92 Å². The molecule has 0 aliphatic heterocycles. The molecule has 1 aromatic rings. The lowest BCUT2D eigenvalue weighted by atomic mass is 10.2. The zero-order valence-electron chi connectivity index (χ0n) is 11.6. The summed E-state index contributed by atoms with van der Waals surface area (Å²) in [4.78, 5) is 0. The molecule has 0 aromatic heterocycles. The molecule has 0 saturated carbocycles. The number of aliphatic hydroxyl groups excluding tert-OH is 1. The van der Waals surface area contributed by atoms with Crippen LogP contribution >= 0.6 is 0 Å². The average molecular weight is 252 g/mol. The Kier molecular flexibility index (Phi) is 6.76. The van der Waals surface area contributed by atoms with Gasteiger partial charge in [0.15, 0.2) is 0 Å². The van der Waals surface area contributed by atoms with E-state index in [1.54, 1.807) is 6.92 Å². The van der Waals surface area contributed by atoms with Crippen LogP contribution in [-0.2, 0) is 11.3 Å². The zero-order valence-corrected chi connectivity index (χ0v) is 11.6. The van der Waals surface area contributed by atoms with Crippen molar-refractivity contribution in [1.82, 2.24) is 0 Å². The van der Waals surface area contributed by atoms with Gasteiger partial charge in [0, 0.05) is 6.61 Å². The quantitative estimate of drug-likeness (QED) is 0.723. The van der Waals surface area contributed by atoms with E-state index < -0.39 is 0 Å². The standard InChI is InChI=1S/C15H24O3/c1-12(2)10-18-15-6-4-14(5-7-15)11-17-9-8-13(3)16/h4-7,12-13,16H,8-11H2,1-3H3. The first-order valence-electron chi connectivity index (χ1n) is 6.55. The number of aliphatic hydroxyl groups is 1. The monoisotopic (exact) mass is 252 g/mol. The van der Waals surface area contributed by atoms with Crippen molar-refractivity contribution in [1.29, 1.82) is 0 Å². The van der Waals surface area contributed by atoms with Crippen molar-refractivity contribution in [3.8, 4) is 5.75 Å². The lowest BCUT2D eigenvalue weighted by molar-refractivity contribution is 0.0801. The van der Waals surface area contributed by atoms with E-state index in [1.165, 1.54) is 0 Å². The van der Waals surface area contributed by atoms with Gasteiger partial charge < -0.3 is 14.6 Å². The van der Waals surface area contributed by atoms with E-state index >= 15 is 0 Å². The van der Waals surface area contributed by atoms with Crippen LogP contribution < -0.4 is 4.74 Å². The van der Waals surface area contributed by atoms with E-state index in [9.17, 15) is 0 Å². The highest BCUT2D eigenvalue weighted by Gasteiger charge is 1.99. The average Bonchev–Trinajstić information content (AvgIpc) is 2.33. The van der Waals surface area contributed by atoms with Crippen LogP contribution in [0.15, 0.2) is 24.3 Å². The van der Waals surface area contributed by atoms with E-state index in [1.807, 2.05) is 24.3 Å². The van der Waals surface area contributed by atoms with Crippen molar-refractivity contribution in [3.05, 3.63) is 29.8 Å². The van der Waals surface area contributed by atoms with Gasteiger partial charge in [-0.05, 0) is 37.0 Å².